The molecule has 0 aromatic heterocycles. The summed E-state index contributed by atoms with van der Waals surface area (Å²) in [5.74, 6) is -0.198. The summed E-state index contributed by atoms with van der Waals surface area (Å²) in [5.41, 5.74) is 0.466. The number of ketones is 1. The summed E-state index contributed by atoms with van der Waals surface area (Å²) in [6, 6.07) is 6.60. The molecule has 0 bridgehead atoms. The van der Waals surface area contributed by atoms with Gasteiger partial charge in [-0.25, -0.2) is 4.79 Å². The Kier molecular flexibility index (Phi) is 5.50. The lowest BCUT2D eigenvalue weighted by molar-refractivity contribution is 0.00198. The van der Waals surface area contributed by atoms with Crippen LogP contribution < -0.4 is 0 Å². The number of amides is 2. The molecule has 0 spiro atoms. The van der Waals surface area contributed by atoms with Crippen LogP contribution in [0.4, 0.5) is 4.79 Å². The van der Waals surface area contributed by atoms with Crippen LogP contribution in [0, 0.1) is 0 Å². The summed E-state index contributed by atoms with van der Waals surface area (Å²) in [6.45, 7) is 10.2. The molecule has 1 aromatic carbocycles. The standard InChI is InChI=1S/C19H26N2O4/c1-13-12-20(9-10-21(13)18(24)25-19(3,4)5)17(23)16-8-6-7-15(11-16)14(2)22/h6-8,11,13H,9-10,12H2,1-5H3/t13-/m1/s1. The van der Waals surface area contributed by atoms with Gasteiger partial charge in [-0.05, 0) is 46.8 Å². The van der Waals surface area contributed by atoms with Gasteiger partial charge in [0.15, 0.2) is 5.78 Å². The van der Waals surface area contributed by atoms with E-state index in [2.05, 4.69) is 0 Å². The van der Waals surface area contributed by atoms with Gasteiger partial charge < -0.3 is 14.5 Å². The number of carbonyl (C=O) groups excluding carboxylic acids is 3. The lowest BCUT2D eigenvalue weighted by atomic mass is 10.1. The number of hydrogen-bond acceptors (Lipinski definition) is 4. The number of benzene rings is 1. The van der Waals surface area contributed by atoms with Gasteiger partial charge in [0.25, 0.3) is 5.91 Å². The van der Waals surface area contributed by atoms with Crippen LogP contribution in [0.15, 0.2) is 24.3 Å². The van der Waals surface area contributed by atoms with Gasteiger partial charge in [-0.3, -0.25) is 9.59 Å². The number of carbonyl (C=O) groups is 3. The van der Waals surface area contributed by atoms with E-state index in [4.69, 9.17) is 4.74 Å². The van der Waals surface area contributed by atoms with E-state index < -0.39 is 5.60 Å². The Hall–Kier alpha value is -2.37. The number of ether oxygens (including phenoxy) is 1. The molecule has 6 nitrogen and oxygen atoms in total. The molecule has 1 aliphatic rings. The average molecular weight is 346 g/mol. The fourth-order valence-electron chi connectivity index (χ4n) is 2.79. The van der Waals surface area contributed by atoms with Crippen molar-refractivity contribution >= 4 is 17.8 Å². The van der Waals surface area contributed by atoms with Gasteiger partial charge in [0.2, 0.25) is 0 Å². The quantitative estimate of drug-likeness (QED) is 0.772. The van der Waals surface area contributed by atoms with Crippen molar-refractivity contribution in [2.45, 2.75) is 46.3 Å². The highest BCUT2D eigenvalue weighted by Crippen LogP contribution is 2.18. The van der Waals surface area contributed by atoms with Crippen LogP contribution in [-0.4, -0.2) is 58.9 Å². The van der Waals surface area contributed by atoms with E-state index in [1.165, 1.54) is 6.92 Å². The Bertz CT molecular complexity index is 678. The minimum absolute atomic E-state index is 0.0715. The molecule has 2 rings (SSSR count). The van der Waals surface area contributed by atoms with Crippen molar-refractivity contribution in [3.63, 3.8) is 0 Å². The van der Waals surface area contributed by atoms with Crippen LogP contribution in [0.1, 0.15) is 55.3 Å². The van der Waals surface area contributed by atoms with Crippen molar-refractivity contribution in [3.8, 4) is 0 Å². The predicted molar refractivity (Wildman–Crippen MR) is 94.8 cm³/mol. The van der Waals surface area contributed by atoms with E-state index in [0.29, 0.717) is 30.8 Å². The Morgan fingerprint density at radius 3 is 2.32 bits per heavy atom. The summed E-state index contributed by atoms with van der Waals surface area (Å²) in [6.07, 6.45) is -0.356. The lowest BCUT2D eigenvalue weighted by Crippen LogP contribution is -2.56. The van der Waals surface area contributed by atoms with Crippen molar-refractivity contribution in [3.05, 3.63) is 35.4 Å². The normalized spacial score (nSPS) is 18.0. The number of piperazine rings is 1. The van der Waals surface area contributed by atoms with Gasteiger partial charge >= 0.3 is 6.09 Å². The molecule has 0 aliphatic carbocycles. The minimum atomic E-state index is -0.545. The fourth-order valence-corrected chi connectivity index (χ4v) is 2.79. The van der Waals surface area contributed by atoms with E-state index >= 15 is 0 Å². The molecule has 1 saturated heterocycles. The molecule has 25 heavy (non-hydrogen) atoms. The maximum absolute atomic E-state index is 12.7. The van der Waals surface area contributed by atoms with Crippen molar-refractivity contribution in [2.75, 3.05) is 19.6 Å². The average Bonchev–Trinajstić information content (AvgIpc) is 2.52. The van der Waals surface area contributed by atoms with Crippen molar-refractivity contribution < 1.29 is 19.1 Å². The Morgan fingerprint density at radius 1 is 1.12 bits per heavy atom. The Labute approximate surface area is 148 Å². The van der Waals surface area contributed by atoms with Gasteiger partial charge in [0.05, 0.1) is 0 Å². The monoisotopic (exact) mass is 346 g/mol. The van der Waals surface area contributed by atoms with Crippen LogP contribution in [0.25, 0.3) is 0 Å². The molecular formula is C19H26N2O4. The van der Waals surface area contributed by atoms with E-state index in [-0.39, 0.29) is 23.8 Å². The van der Waals surface area contributed by atoms with Gasteiger partial charge in [-0.15, -0.1) is 0 Å². The van der Waals surface area contributed by atoms with Gasteiger partial charge in [-0.1, -0.05) is 12.1 Å². The molecule has 6 heteroatoms. The first-order valence-electron chi connectivity index (χ1n) is 8.48. The molecule has 0 unspecified atom stereocenters. The summed E-state index contributed by atoms with van der Waals surface area (Å²) in [5, 5.41) is 0. The zero-order chi connectivity index (χ0) is 18.8. The third-order valence-corrected chi connectivity index (χ3v) is 4.06. The molecule has 136 valence electrons. The zero-order valence-electron chi connectivity index (χ0n) is 15.5. The maximum Gasteiger partial charge on any atom is 0.410 e. The molecular weight excluding hydrogens is 320 g/mol. The van der Waals surface area contributed by atoms with Crippen LogP contribution in [0.3, 0.4) is 0 Å². The lowest BCUT2D eigenvalue weighted by Gasteiger charge is -2.40. The number of nitrogens with zero attached hydrogens (tertiary/aromatic N) is 2. The minimum Gasteiger partial charge on any atom is -0.444 e. The number of Topliss-reactive ketones (excluding diaryl/α,β-unsaturated/α-hetero) is 1. The van der Waals surface area contributed by atoms with Gasteiger partial charge in [0, 0.05) is 36.8 Å². The van der Waals surface area contributed by atoms with E-state index in [1.807, 2.05) is 27.7 Å². The first-order valence-corrected chi connectivity index (χ1v) is 8.48. The summed E-state index contributed by atoms with van der Waals surface area (Å²) >= 11 is 0. The maximum atomic E-state index is 12.7. The van der Waals surface area contributed by atoms with E-state index in [1.54, 1.807) is 34.1 Å². The van der Waals surface area contributed by atoms with Crippen LogP contribution in [-0.2, 0) is 4.74 Å². The molecule has 0 N–H and O–H groups in total. The third-order valence-electron chi connectivity index (χ3n) is 4.06. The largest absolute Gasteiger partial charge is 0.444 e. The molecule has 1 aliphatic heterocycles. The highest BCUT2D eigenvalue weighted by Gasteiger charge is 2.32. The smallest absolute Gasteiger partial charge is 0.410 e. The van der Waals surface area contributed by atoms with E-state index in [0.717, 1.165) is 0 Å². The Morgan fingerprint density at radius 2 is 1.76 bits per heavy atom. The fraction of sp³-hybridized carbons (Fsp3) is 0.526. The molecule has 1 fully saturated rings. The van der Waals surface area contributed by atoms with Crippen molar-refractivity contribution in [2.24, 2.45) is 0 Å². The van der Waals surface area contributed by atoms with Crippen molar-refractivity contribution in [1.82, 2.24) is 9.80 Å². The van der Waals surface area contributed by atoms with Gasteiger partial charge in [-0.2, -0.15) is 0 Å². The molecule has 0 radical (unpaired) electrons. The second-order valence-corrected chi connectivity index (χ2v) is 7.41. The van der Waals surface area contributed by atoms with Crippen LogP contribution in [0.2, 0.25) is 0 Å². The summed E-state index contributed by atoms with van der Waals surface area (Å²) < 4.78 is 5.42. The topological polar surface area (TPSA) is 66.9 Å². The zero-order valence-corrected chi connectivity index (χ0v) is 15.5. The highest BCUT2D eigenvalue weighted by molar-refractivity contribution is 5.99. The summed E-state index contributed by atoms with van der Waals surface area (Å²) in [7, 11) is 0. The van der Waals surface area contributed by atoms with Crippen LogP contribution in [0.5, 0.6) is 0 Å². The molecule has 2 amide bonds. The SMILES string of the molecule is CC(=O)c1cccc(C(=O)N2CCN(C(=O)OC(C)(C)C)[C@H](C)C2)c1. The molecule has 1 aromatic rings. The second-order valence-electron chi connectivity index (χ2n) is 7.41. The predicted octanol–water partition coefficient (Wildman–Crippen LogP) is 2.97. The molecule has 0 saturated carbocycles. The summed E-state index contributed by atoms with van der Waals surface area (Å²) in [4.78, 5) is 39.8. The molecule has 1 heterocycles. The number of rotatable bonds is 2. The number of hydrogen-bond donors (Lipinski definition) is 0. The second kappa shape index (κ2) is 7.25. The van der Waals surface area contributed by atoms with Gasteiger partial charge in [0.1, 0.15) is 5.60 Å². The van der Waals surface area contributed by atoms with Crippen LogP contribution >= 0.6 is 0 Å². The molecule has 1 atom stereocenters. The first kappa shape index (κ1) is 19.0. The first-order chi connectivity index (χ1) is 11.6. The van der Waals surface area contributed by atoms with E-state index in [9.17, 15) is 14.4 Å². The Balaban J connectivity index is 2.05. The highest BCUT2D eigenvalue weighted by atomic mass is 16.6. The third kappa shape index (κ3) is 4.81. The van der Waals surface area contributed by atoms with Crippen molar-refractivity contribution in [1.29, 1.82) is 0 Å².